The van der Waals surface area contributed by atoms with E-state index in [9.17, 15) is 4.79 Å². The Labute approximate surface area is 189 Å². The normalized spacial score (nSPS) is 15.4. The van der Waals surface area contributed by atoms with Gasteiger partial charge in [-0.1, -0.05) is 17.4 Å². The van der Waals surface area contributed by atoms with Crippen molar-refractivity contribution in [2.45, 2.75) is 32.7 Å². The van der Waals surface area contributed by atoms with Gasteiger partial charge >= 0.3 is 0 Å². The SMILES string of the molecule is CC(=O)Nc1ncc(-c2cnc3c(c2)CCN([C@@H](C)c2ccc4scnc4c2)CC3)s1. The van der Waals surface area contributed by atoms with E-state index in [0.29, 0.717) is 11.2 Å². The van der Waals surface area contributed by atoms with Gasteiger partial charge in [-0.25, -0.2) is 9.97 Å². The molecule has 1 aliphatic heterocycles. The quantitative estimate of drug-likeness (QED) is 0.478. The van der Waals surface area contributed by atoms with Crippen LogP contribution < -0.4 is 5.32 Å². The number of anilines is 1. The molecule has 8 heteroatoms. The number of rotatable bonds is 4. The van der Waals surface area contributed by atoms with Gasteiger partial charge in [0, 0.05) is 56.1 Å². The summed E-state index contributed by atoms with van der Waals surface area (Å²) in [6.07, 6.45) is 5.65. The third kappa shape index (κ3) is 4.23. The van der Waals surface area contributed by atoms with Crippen molar-refractivity contribution in [1.29, 1.82) is 0 Å². The van der Waals surface area contributed by atoms with Gasteiger partial charge in [-0.2, -0.15) is 0 Å². The smallest absolute Gasteiger partial charge is 0.223 e. The standard InChI is InChI=1S/C23H23N5OS2/c1-14(16-3-4-21-20(10-16)26-13-30-21)28-7-5-17-9-18(11-24-19(17)6-8-28)22-12-25-23(31-22)27-15(2)29/h3-4,9-14H,5-8H2,1-2H3,(H,25,27,29)/t14-/m0/s1. The van der Waals surface area contributed by atoms with Gasteiger partial charge in [0.25, 0.3) is 0 Å². The molecule has 0 saturated carbocycles. The number of benzene rings is 1. The number of hydrogen-bond donors (Lipinski definition) is 1. The maximum Gasteiger partial charge on any atom is 0.223 e. The number of fused-ring (bicyclic) bond motifs is 2. The second-order valence-electron chi connectivity index (χ2n) is 7.83. The summed E-state index contributed by atoms with van der Waals surface area (Å²) < 4.78 is 1.24. The zero-order valence-corrected chi connectivity index (χ0v) is 19.1. The lowest BCUT2D eigenvalue weighted by Crippen LogP contribution is -2.29. The van der Waals surface area contributed by atoms with Crippen LogP contribution in [0, 0.1) is 0 Å². The summed E-state index contributed by atoms with van der Waals surface area (Å²) in [4.78, 5) is 28.4. The van der Waals surface area contributed by atoms with Crippen molar-refractivity contribution in [1.82, 2.24) is 19.9 Å². The lowest BCUT2D eigenvalue weighted by Gasteiger charge is -2.27. The van der Waals surface area contributed by atoms with Crippen LogP contribution in [0.15, 0.2) is 42.2 Å². The first-order valence-corrected chi connectivity index (χ1v) is 12.1. The van der Waals surface area contributed by atoms with Gasteiger partial charge < -0.3 is 5.32 Å². The number of carbonyl (C=O) groups excluding carboxylic acids is 1. The van der Waals surface area contributed by atoms with E-state index in [1.807, 2.05) is 11.7 Å². The minimum Gasteiger partial charge on any atom is -0.302 e. The van der Waals surface area contributed by atoms with Crippen LogP contribution in [0.1, 0.15) is 36.7 Å². The predicted molar refractivity (Wildman–Crippen MR) is 127 cm³/mol. The Morgan fingerprint density at radius 2 is 2.00 bits per heavy atom. The predicted octanol–water partition coefficient (Wildman–Crippen LogP) is 4.94. The third-order valence-electron chi connectivity index (χ3n) is 5.82. The van der Waals surface area contributed by atoms with Crippen LogP contribution in [0.25, 0.3) is 20.7 Å². The summed E-state index contributed by atoms with van der Waals surface area (Å²) in [5.41, 5.74) is 7.85. The molecule has 0 spiro atoms. The molecule has 0 unspecified atom stereocenters. The first-order valence-electron chi connectivity index (χ1n) is 10.4. The van der Waals surface area contributed by atoms with E-state index in [2.05, 4.69) is 51.4 Å². The molecule has 0 bridgehead atoms. The van der Waals surface area contributed by atoms with E-state index in [4.69, 9.17) is 4.98 Å². The second kappa shape index (κ2) is 8.45. The molecule has 4 aromatic rings. The van der Waals surface area contributed by atoms with Crippen molar-refractivity contribution in [2.75, 3.05) is 18.4 Å². The van der Waals surface area contributed by atoms with Crippen LogP contribution in [0.4, 0.5) is 5.13 Å². The summed E-state index contributed by atoms with van der Waals surface area (Å²) in [6, 6.07) is 9.21. The molecule has 1 aromatic carbocycles. The molecule has 31 heavy (non-hydrogen) atoms. The van der Waals surface area contributed by atoms with Crippen LogP contribution in [-0.4, -0.2) is 38.8 Å². The number of carbonyl (C=O) groups is 1. The number of nitrogens with zero attached hydrogens (tertiary/aromatic N) is 4. The summed E-state index contributed by atoms with van der Waals surface area (Å²) in [6.45, 7) is 5.76. The van der Waals surface area contributed by atoms with Gasteiger partial charge in [-0.3, -0.25) is 14.7 Å². The monoisotopic (exact) mass is 449 g/mol. The van der Waals surface area contributed by atoms with Gasteiger partial charge in [0.1, 0.15) is 0 Å². The lowest BCUT2D eigenvalue weighted by atomic mass is 10.1. The highest BCUT2D eigenvalue weighted by molar-refractivity contribution is 7.19. The van der Waals surface area contributed by atoms with Crippen molar-refractivity contribution in [3.63, 3.8) is 0 Å². The number of pyridine rings is 1. The van der Waals surface area contributed by atoms with Crippen LogP contribution in [0.3, 0.4) is 0 Å². The third-order valence-corrected chi connectivity index (χ3v) is 7.59. The average Bonchev–Trinajstić information content (AvgIpc) is 3.37. The Hall–Kier alpha value is -2.68. The molecular formula is C23H23N5OS2. The fraction of sp³-hybridized carbons (Fsp3) is 0.304. The Morgan fingerprint density at radius 1 is 1.13 bits per heavy atom. The van der Waals surface area contributed by atoms with Gasteiger partial charge in [0.2, 0.25) is 5.91 Å². The van der Waals surface area contributed by atoms with Crippen molar-refractivity contribution in [2.24, 2.45) is 0 Å². The Morgan fingerprint density at radius 3 is 2.87 bits per heavy atom. The molecule has 1 amide bonds. The minimum atomic E-state index is -0.107. The van der Waals surface area contributed by atoms with E-state index in [1.54, 1.807) is 17.5 Å². The van der Waals surface area contributed by atoms with Gasteiger partial charge in [0.05, 0.1) is 20.6 Å². The molecule has 0 fully saturated rings. The van der Waals surface area contributed by atoms with Crippen LogP contribution in [-0.2, 0) is 17.6 Å². The fourth-order valence-corrected chi connectivity index (χ4v) is 5.59. The molecule has 3 aromatic heterocycles. The first-order chi connectivity index (χ1) is 15.1. The molecule has 5 rings (SSSR count). The number of thiazole rings is 2. The molecule has 0 radical (unpaired) electrons. The van der Waals surface area contributed by atoms with E-state index in [0.717, 1.165) is 41.9 Å². The molecule has 158 valence electrons. The zero-order chi connectivity index (χ0) is 21.4. The van der Waals surface area contributed by atoms with Crippen LogP contribution >= 0.6 is 22.7 Å². The molecule has 0 saturated heterocycles. The van der Waals surface area contributed by atoms with Gasteiger partial charge in [-0.05, 0) is 42.7 Å². The number of aromatic nitrogens is 3. The minimum absolute atomic E-state index is 0.107. The molecule has 1 atom stereocenters. The summed E-state index contributed by atoms with van der Waals surface area (Å²) in [5, 5.41) is 3.37. The number of amides is 1. The van der Waals surface area contributed by atoms with Gasteiger partial charge in [-0.15, -0.1) is 11.3 Å². The zero-order valence-electron chi connectivity index (χ0n) is 17.5. The van der Waals surface area contributed by atoms with Crippen molar-refractivity contribution in [3.8, 4) is 10.4 Å². The number of nitrogens with one attached hydrogen (secondary N) is 1. The highest BCUT2D eigenvalue weighted by Crippen LogP contribution is 2.32. The van der Waals surface area contributed by atoms with Crippen LogP contribution in [0.5, 0.6) is 0 Å². The second-order valence-corrected chi connectivity index (χ2v) is 9.75. The van der Waals surface area contributed by atoms with E-state index in [1.165, 1.54) is 39.8 Å². The first kappa shape index (κ1) is 20.2. The summed E-state index contributed by atoms with van der Waals surface area (Å²) in [5.74, 6) is -0.107. The van der Waals surface area contributed by atoms with Gasteiger partial charge in [0.15, 0.2) is 5.13 Å². The molecular weight excluding hydrogens is 426 g/mol. The molecule has 1 aliphatic rings. The summed E-state index contributed by atoms with van der Waals surface area (Å²) in [7, 11) is 0. The maximum atomic E-state index is 11.3. The molecule has 4 heterocycles. The van der Waals surface area contributed by atoms with Crippen molar-refractivity contribution in [3.05, 3.63) is 59.0 Å². The highest BCUT2D eigenvalue weighted by atomic mass is 32.1. The van der Waals surface area contributed by atoms with E-state index in [-0.39, 0.29) is 5.91 Å². The Kier molecular flexibility index (Phi) is 5.52. The van der Waals surface area contributed by atoms with E-state index >= 15 is 0 Å². The molecule has 6 nitrogen and oxygen atoms in total. The Bertz CT molecular complexity index is 1250. The largest absolute Gasteiger partial charge is 0.302 e. The molecule has 0 aliphatic carbocycles. The van der Waals surface area contributed by atoms with E-state index < -0.39 is 0 Å². The van der Waals surface area contributed by atoms with Crippen molar-refractivity contribution < 1.29 is 4.79 Å². The van der Waals surface area contributed by atoms with Crippen molar-refractivity contribution >= 4 is 43.9 Å². The average molecular weight is 450 g/mol. The Balaban J connectivity index is 1.33. The lowest BCUT2D eigenvalue weighted by molar-refractivity contribution is -0.114. The highest BCUT2D eigenvalue weighted by Gasteiger charge is 2.21. The molecule has 1 N–H and O–H groups in total. The topological polar surface area (TPSA) is 71.0 Å². The fourth-order valence-electron chi connectivity index (χ4n) is 4.09. The number of hydrogen-bond acceptors (Lipinski definition) is 7. The van der Waals surface area contributed by atoms with Crippen LogP contribution in [0.2, 0.25) is 0 Å². The maximum absolute atomic E-state index is 11.3. The summed E-state index contributed by atoms with van der Waals surface area (Å²) >= 11 is 3.16.